The summed E-state index contributed by atoms with van der Waals surface area (Å²) in [4.78, 5) is 11.2. The minimum atomic E-state index is 0.432. The largest absolute Gasteiger partial charge is 0.496 e. The Labute approximate surface area is 117 Å². The topological polar surface area (TPSA) is 44.8 Å². The van der Waals surface area contributed by atoms with E-state index in [-0.39, 0.29) is 0 Å². The van der Waals surface area contributed by atoms with Crippen molar-refractivity contribution in [2.75, 3.05) is 21.3 Å². The fourth-order valence-electron chi connectivity index (χ4n) is 2.12. The third-order valence-corrected chi connectivity index (χ3v) is 3.05. The first kappa shape index (κ1) is 13.9. The Bertz CT molecular complexity index is 620. The van der Waals surface area contributed by atoms with Gasteiger partial charge in [-0.15, -0.1) is 0 Å². The van der Waals surface area contributed by atoms with E-state index in [1.54, 1.807) is 20.3 Å². The molecule has 0 aliphatic rings. The Morgan fingerprint density at radius 2 is 1.60 bits per heavy atom. The van der Waals surface area contributed by atoms with Crippen molar-refractivity contribution in [2.45, 2.75) is 0 Å². The van der Waals surface area contributed by atoms with E-state index < -0.39 is 0 Å². The number of benzene rings is 2. The van der Waals surface area contributed by atoms with Gasteiger partial charge in [0.2, 0.25) is 0 Å². The average Bonchev–Trinajstić information content (AvgIpc) is 2.53. The molecule has 0 atom stereocenters. The SMILES string of the molecule is COc1ccccc1-c1cc(C=O)c(OC)c(OC)c1. The highest BCUT2D eigenvalue weighted by molar-refractivity contribution is 5.86. The van der Waals surface area contributed by atoms with Gasteiger partial charge in [0.1, 0.15) is 5.75 Å². The van der Waals surface area contributed by atoms with Crippen molar-refractivity contribution >= 4 is 6.29 Å². The van der Waals surface area contributed by atoms with Gasteiger partial charge in [-0.1, -0.05) is 18.2 Å². The van der Waals surface area contributed by atoms with Crippen LogP contribution in [0.3, 0.4) is 0 Å². The van der Waals surface area contributed by atoms with E-state index in [0.29, 0.717) is 17.1 Å². The first-order chi connectivity index (χ1) is 9.74. The van der Waals surface area contributed by atoms with E-state index in [2.05, 4.69) is 0 Å². The zero-order valence-corrected chi connectivity index (χ0v) is 11.7. The van der Waals surface area contributed by atoms with Crippen LogP contribution in [0.15, 0.2) is 36.4 Å². The molecule has 0 bridgehead atoms. The van der Waals surface area contributed by atoms with E-state index in [9.17, 15) is 4.79 Å². The van der Waals surface area contributed by atoms with E-state index in [0.717, 1.165) is 23.2 Å². The highest BCUT2D eigenvalue weighted by atomic mass is 16.5. The Balaban J connectivity index is 2.66. The van der Waals surface area contributed by atoms with Crippen molar-refractivity contribution in [3.8, 4) is 28.4 Å². The van der Waals surface area contributed by atoms with Crippen molar-refractivity contribution in [3.63, 3.8) is 0 Å². The monoisotopic (exact) mass is 272 g/mol. The zero-order valence-electron chi connectivity index (χ0n) is 11.7. The predicted octanol–water partition coefficient (Wildman–Crippen LogP) is 3.19. The van der Waals surface area contributed by atoms with E-state index in [4.69, 9.17) is 14.2 Å². The van der Waals surface area contributed by atoms with Gasteiger partial charge in [-0.05, 0) is 23.8 Å². The molecule has 0 fully saturated rings. The molecule has 0 N–H and O–H groups in total. The van der Waals surface area contributed by atoms with Gasteiger partial charge in [0.15, 0.2) is 17.8 Å². The van der Waals surface area contributed by atoms with Crippen molar-refractivity contribution < 1.29 is 19.0 Å². The van der Waals surface area contributed by atoms with E-state index in [1.807, 2.05) is 30.3 Å². The number of methoxy groups -OCH3 is 3. The summed E-state index contributed by atoms with van der Waals surface area (Å²) in [5, 5.41) is 0. The molecule has 4 heteroatoms. The zero-order chi connectivity index (χ0) is 14.5. The second-order valence-electron chi connectivity index (χ2n) is 4.12. The van der Waals surface area contributed by atoms with E-state index in [1.165, 1.54) is 7.11 Å². The van der Waals surface area contributed by atoms with Crippen LogP contribution in [0.25, 0.3) is 11.1 Å². The van der Waals surface area contributed by atoms with E-state index >= 15 is 0 Å². The maximum atomic E-state index is 11.2. The summed E-state index contributed by atoms with van der Waals surface area (Å²) in [7, 11) is 4.66. The molecule has 0 heterocycles. The van der Waals surface area contributed by atoms with Crippen LogP contribution in [0, 0.1) is 0 Å². The molecule has 0 spiro atoms. The summed E-state index contributed by atoms with van der Waals surface area (Å²) in [6.07, 6.45) is 0.750. The number of para-hydroxylation sites is 1. The Kier molecular flexibility index (Phi) is 4.25. The molecule has 0 amide bonds. The molecule has 0 radical (unpaired) electrons. The lowest BCUT2D eigenvalue weighted by Crippen LogP contribution is -1.97. The second-order valence-corrected chi connectivity index (χ2v) is 4.12. The molecular formula is C16H16O4. The van der Waals surface area contributed by atoms with Gasteiger partial charge in [-0.25, -0.2) is 0 Å². The van der Waals surface area contributed by atoms with Crippen molar-refractivity contribution in [3.05, 3.63) is 42.0 Å². The molecule has 0 unspecified atom stereocenters. The molecule has 0 saturated carbocycles. The molecule has 0 aliphatic carbocycles. The predicted molar refractivity (Wildman–Crippen MR) is 76.9 cm³/mol. The molecule has 104 valence electrons. The maximum absolute atomic E-state index is 11.2. The number of rotatable bonds is 5. The fraction of sp³-hybridized carbons (Fsp3) is 0.188. The number of aldehydes is 1. The highest BCUT2D eigenvalue weighted by Gasteiger charge is 2.14. The Hall–Kier alpha value is -2.49. The molecule has 20 heavy (non-hydrogen) atoms. The van der Waals surface area contributed by atoms with Crippen LogP contribution < -0.4 is 14.2 Å². The molecule has 0 aromatic heterocycles. The maximum Gasteiger partial charge on any atom is 0.171 e. The number of carbonyl (C=O) groups excluding carboxylic acids is 1. The fourth-order valence-corrected chi connectivity index (χ4v) is 2.12. The van der Waals surface area contributed by atoms with Crippen molar-refractivity contribution in [2.24, 2.45) is 0 Å². The molecular weight excluding hydrogens is 256 g/mol. The standard InChI is InChI=1S/C16H16O4/c1-18-14-7-5-4-6-13(14)11-8-12(10-17)16(20-3)15(9-11)19-2/h4-10H,1-3H3. The first-order valence-electron chi connectivity index (χ1n) is 6.09. The number of hydrogen-bond acceptors (Lipinski definition) is 4. The van der Waals surface area contributed by atoms with Crippen LogP contribution in [-0.2, 0) is 0 Å². The van der Waals surface area contributed by atoms with Gasteiger partial charge < -0.3 is 14.2 Å². The van der Waals surface area contributed by atoms with Gasteiger partial charge in [0, 0.05) is 5.56 Å². The normalized spacial score (nSPS) is 9.95. The van der Waals surface area contributed by atoms with Crippen LogP contribution in [0.4, 0.5) is 0 Å². The Morgan fingerprint density at radius 3 is 2.20 bits per heavy atom. The van der Waals surface area contributed by atoms with Crippen molar-refractivity contribution in [1.82, 2.24) is 0 Å². The third kappa shape index (κ3) is 2.45. The number of hydrogen-bond donors (Lipinski definition) is 0. The quantitative estimate of drug-likeness (QED) is 0.784. The lowest BCUT2D eigenvalue weighted by molar-refractivity contribution is 0.112. The third-order valence-electron chi connectivity index (χ3n) is 3.05. The minimum Gasteiger partial charge on any atom is -0.496 e. The molecule has 4 nitrogen and oxygen atoms in total. The number of ether oxygens (including phenoxy) is 3. The molecule has 0 aliphatic heterocycles. The van der Waals surface area contributed by atoms with Crippen LogP contribution in [0.2, 0.25) is 0 Å². The summed E-state index contributed by atoms with van der Waals surface area (Å²) in [6, 6.07) is 11.2. The van der Waals surface area contributed by atoms with Gasteiger partial charge in [-0.2, -0.15) is 0 Å². The van der Waals surface area contributed by atoms with Gasteiger partial charge in [0.05, 0.1) is 26.9 Å². The molecule has 2 rings (SSSR count). The summed E-state index contributed by atoms with van der Waals surface area (Å²) < 4.78 is 15.9. The van der Waals surface area contributed by atoms with Crippen LogP contribution >= 0.6 is 0 Å². The average molecular weight is 272 g/mol. The second kappa shape index (κ2) is 6.10. The number of carbonyl (C=O) groups is 1. The molecule has 0 saturated heterocycles. The summed E-state index contributed by atoms with van der Waals surface area (Å²) >= 11 is 0. The van der Waals surface area contributed by atoms with Gasteiger partial charge in [-0.3, -0.25) is 4.79 Å². The summed E-state index contributed by atoms with van der Waals surface area (Å²) in [5.41, 5.74) is 2.16. The summed E-state index contributed by atoms with van der Waals surface area (Å²) in [6.45, 7) is 0. The summed E-state index contributed by atoms with van der Waals surface area (Å²) in [5.74, 6) is 1.68. The smallest absolute Gasteiger partial charge is 0.171 e. The van der Waals surface area contributed by atoms with Crippen molar-refractivity contribution in [1.29, 1.82) is 0 Å². The highest BCUT2D eigenvalue weighted by Crippen LogP contribution is 2.38. The lowest BCUT2D eigenvalue weighted by atomic mass is 10.0. The Morgan fingerprint density at radius 1 is 0.900 bits per heavy atom. The molecule has 2 aromatic rings. The minimum absolute atomic E-state index is 0.432. The van der Waals surface area contributed by atoms with Gasteiger partial charge >= 0.3 is 0 Å². The lowest BCUT2D eigenvalue weighted by Gasteiger charge is -2.14. The van der Waals surface area contributed by atoms with Gasteiger partial charge in [0.25, 0.3) is 0 Å². The molecule has 2 aromatic carbocycles. The van der Waals surface area contributed by atoms with Crippen LogP contribution in [0.5, 0.6) is 17.2 Å². The first-order valence-corrected chi connectivity index (χ1v) is 6.09. The van der Waals surface area contributed by atoms with Crippen LogP contribution in [-0.4, -0.2) is 27.6 Å². The van der Waals surface area contributed by atoms with Crippen LogP contribution in [0.1, 0.15) is 10.4 Å².